The second-order valence-corrected chi connectivity index (χ2v) is 5.73. The van der Waals surface area contributed by atoms with Gasteiger partial charge in [0.2, 0.25) is 0 Å². The largest absolute Gasteiger partial charge is 0.377 e. The number of nitrogens with zero attached hydrogens (tertiary/aromatic N) is 4. The number of likely N-dealkylation sites (tertiary alicyclic amines) is 1. The molecule has 108 valence electrons. The molecule has 0 radical (unpaired) electrons. The summed E-state index contributed by atoms with van der Waals surface area (Å²) in [7, 11) is 0. The Morgan fingerprint density at radius 3 is 2.89 bits per heavy atom. The summed E-state index contributed by atoms with van der Waals surface area (Å²) in [5.74, 6) is 1.08. The lowest BCUT2D eigenvalue weighted by atomic mass is 10.1. The van der Waals surface area contributed by atoms with Crippen LogP contribution < -0.4 is 0 Å². The van der Waals surface area contributed by atoms with E-state index in [0.717, 1.165) is 63.2 Å². The first-order valence-electron chi connectivity index (χ1n) is 7.10. The molecule has 0 saturated carbocycles. The predicted octanol–water partition coefficient (Wildman–Crippen LogP) is 2.06. The van der Waals surface area contributed by atoms with E-state index in [0.29, 0.717) is 6.10 Å². The first-order chi connectivity index (χ1) is 9.33. The van der Waals surface area contributed by atoms with E-state index < -0.39 is 0 Å². The zero-order valence-electron chi connectivity index (χ0n) is 11.6. The number of alkyl halides is 1. The SMILES string of the molecule is CCCn1ncnc1CN1CCC(OCCBr)CC1. The van der Waals surface area contributed by atoms with Crippen molar-refractivity contribution < 1.29 is 4.74 Å². The molecule has 0 N–H and O–H groups in total. The maximum atomic E-state index is 5.77. The Kier molecular flexibility index (Phi) is 6.26. The first kappa shape index (κ1) is 14.9. The van der Waals surface area contributed by atoms with Gasteiger partial charge in [-0.15, -0.1) is 0 Å². The Bertz CT molecular complexity index is 363. The Morgan fingerprint density at radius 2 is 2.21 bits per heavy atom. The van der Waals surface area contributed by atoms with Crippen LogP contribution in [0.2, 0.25) is 0 Å². The van der Waals surface area contributed by atoms with E-state index in [-0.39, 0.29) is 0 Å². The van der Waals surface area contributed by atoms with Gasteiger partial charge >= 0.3 is 0 Å². The van der Waals surface area contributed by atoms with Crippen LogP contribution in [0.5, 0.6) is 0 Å². The number of rotatable bonds is 7. The highest BCUT2D eigenvalue weighted by Crippen LogP contribution is 2.15. The van der Waals surface area contributed by atoms with E-state index in [2.05, 4.69) is 37.8 Å². The van der Waals surface area contributed by atoms with Gasteiger partial charge in [-0.2, -0.15) is 5.10 Å². The summed E-state index contributed by atoms with van der Waals surface area (Å²) >= 11 is 3.40. The average molecular weight is 331 g/mol. The number of ether oxygens (including phenoxy) is 1. The first-order valence-corrected chi connectivity index (χ1v) is 8.22. The van der Waals surface area contributed by atoms with E-state index in [1.165, 1.54) is 0 Å². The molecule has 1 aliphatic heterocycles. The number of hydrogen-bond donors (Lipinski definition) is 0. The average Bonchev–Trinajstić information content (AvgIpc) is 2.86. The zero-order valence-corrected chi connectivity index (χ0v) is 13.2. The standard InChI is InChI=1S/C13H23BrN4O/c1-2-6-18-13(15-11-16-18)10-17-7-3-12(4-8-17)19-9-5-14/h11-12H,2-10H2,1H3. The third kappa shape index (κ3) is 4.54. The number of piperidine rings is 1. The van der Waals surface area contributed by atoms with Crippen LogP contribution in [0.4, 0.5) is 0 Å². The highest BCUT2D eigenvalue weighted by molar-refractivity contribution is 9.09. The molecule has 0 amide bonds. The third-order valence-electron chi connectivity index (χ3n) is 3.46. The molecular formula is C13H23BrN4O. The van der Waals surface area contributed by atoms with Gasteiger partial charge in [-0.3, -0.25) is 4.90 Å². The number of hydrogen-bond acceptors (Lipinski definition) is 4. The van der Waals surface area contributed by atoms with Gasteiger partial charge in [-0.05, 0) is 19.3 Å². The van der Waals surface area contributed by atoms with Gasteiger partial charge in [0.25, 0.3) is 0 Å². The van der Waals surface area contributed by atoms with Crippen molar-refractivity contribution in [1.29, 1.82) is 0 Å². The highest BCUT2D eigenvalue weighted by Gasteiger charge is 2.20. The second kappa shape index (κ2) is 7.97. The molecule has 0 atom stereocenters. The monoisotopic (exact) mass is 330 g/mol. The van der Waals surface area contributed by atoms with Crippen molar-refractivity contribution >= 4 is 15.9 Å². The Morgan fingerprint density at radius 1 is 1.42 bits per heavy atom. The number of aromatic nitrogens is 3. The summed E-state index contributed by atoms with van der Waals surface area (Å²) in [4.78, 5) is 6.82. The van der Waals surface area contributed by atoms with Crippen molar-refractivity contribution in [2.45, 2.75) is 45.4 Å². The normalized spacial score (nSPS) is 18.0. The highest BCUT2D eigenvalue weighted by atomic mass is 79.9. The molecule has 0 aromatic carbocycles. The van der Waals surface area contributed by atoms with Crippen LogP contribution in [0.15, 0.2) is 6.33 Å². The van der Waals surface area contributed by atoms with Gasteiger partial charge in [-0.1, -0.05) is 22.9 Å². The molecular weight excluding hydrogens is 308 g/mol. The van der Waals surface area contributed by atoms with Crippen molar-refractivity contribution in [2.24, 2.45) is 0 Å². The van der Waals surface area contributed by atoms with Crippen molar-refractivity contribution in [3.05, 3.63) is 12.2 Å². The quantitative estimate of drug-likeness (QED) is 0.718. The van der Waals surface area contributed by atoms with Crippen molar-refractivity contribution in [2.75, 3.05) is 25.0 Å². The fourth-order valence-electron chi connectivity index (χ4n) is 2.45. The van der Waals surface area contributed by atoms with Crippen molar-refractivity contribution in [1.82, 2.24) is 19.7 Å². The third-order valence-corrected chi connectivity index (χ3v) is 3.79. The fourth-order valence-corrected chi connectivity index (χ4v) is 2.64. The van der Waals surface area contributed by atoms with Crippen molar-refractivity contribution in [3.63, 3.8) is 0 Å². The molecule has 1 saturated heterocycles. The molecule has 0 bridgehead atoms. The molecule has 1 aromatic heterocycles. The minimum absolute atomic E-state index is 0.433. The topological polar surface area (TPSA) is 43.2 Å². The molecule has 6 heteroatoms. The molecule has 1 fully saturated rings. The van der Waals surface area contributed by atoms with Crippen LogP contribution in [0.25, 0.3) is 0 Å². The van der Waals surface area contributed by atoms with E-state index >= 15 is 0 Å². The van der Waals surface area contributed by atoms with Gasteiger partial charge in [0.15, 0.2) is 0 Å². The van der Waals surface area contributed by atoms with Crippen LogP contribution in [0.1, 0.15) is 32.0 Å². The molecule has 0 unspecified atom stereocenters. The molecule has 5 nitrogen and oxygen atoms in total. The molecule has 2 rings (SSSR count). The van der Waals surface area contributed by atoms with Gasteiger partial charge in [-0.25, -0.2) is 9.67 Å². The Labute approximate surface area is 123 Å². The summed E-state index contributed by atoms with van der Waals surface area (Å²) in [5, 5.41) is 5.20. The Balaban J connectivity index is 1.77. The maximum Gasteiger partial charge on any atom is 0.141 e. The van der Waals surface area contributed by atoms with E-state index in [1.54, 1.807) is 6.33 Å². The molecule has 2 heterocycles. The number of halogens is 1. The summed E-state index contributed by atoms with van der Waals surface area (Å²) < 4.78 is 7.79. The van der Waals surface area contributed by atoms with E-state index in [9.17, 15) is 0 Å². The molecule has 1 aliphatic rings. The summed E-state index contributed by atoms with van der Waals surface area (Å²) in [6.45, 7) is 7.02. The predicted molar refractivity (Wildman–Crippen MR) is 78.4 cm³/mol. The molecule has 0 aliphatic carbocycles. The molecule has 0 spiro atoms. The minimum Gasteiger partial charge on any atom is -0.377 e. The minimum atomic E-state index is 0.433. The Hall–Kier alpha value is -0.460. The van der Waals surface area contributed by atoms with Gasteiger partial charge in [0.1, 0.15) is 12.2 Å². The smallest absolute Gasteiger partial charge is 0.141 e. The van der Waals surface area contributed by atoms with Gasteiger partial charge in [0, 0.05) is 25.0 Å². The fraction of sp³-hybridized carbons (Fsp3) is 0.846. The summed E-state index contributed by atoms with van der Waals surface area (Å²) in [6, 6.07) is 0. The van der Waals surface area contributed by atoms with Gasteiger partial charge < -0.3 is 4.74 Å². The summed E-state index contributed by atoms with van der Waals surface area (Å²) in [6.07, 6.45) is 5.43. The number of aryl methyl sites for hydroxylation is 1. The lowest BCUT2D eigenvalue weighted by Gasteiger charge is -2.31. The lowest BCUT2D eigenvalue weighted by Crippen LogP contribution is -2.37. The van der Waals surface area contributed by atoms with Crippen LogP contribution in [-0.2, 0) is 17.8 Å². The second-order valence-electron chi connectivity index (χ2n) is 4.93. The molecule has 1 aromatic rings. The lowest BCUT2D eigenvalue weighted by molar-refractivity contribution is 0.0133. The summed E-state index contributed by atoms with van der Waals surface area (Å²) in [5.41, 5.74) is 0. The maximum absolute atomic E-state index is 5.77. The van der Waals surface area contributed by atoms with E-state index in [1.807, 2.05) is 4.68 Å². The van der Waals surface area contributed by atoms with E-state index in [4.69, 9.17) is 4.74 Å². The zero-order chi connectivity index (χ0) is 13.5. The van der Waals surface area contributed by atoms with Gasteiger partial charge in [0.05, 0.1) is 19.3 Å². The van der Waals surface area contributed by atoms with Crippen LogP contribution in [0.3, 0.4) is 0 Å². The molecule has 19 heavy (non-hydrogen) atoms. The van der Waals surface area contributed by atoms with Crippen LogP contribution in [0, 0.1) is 0 Å². The van der Waals surface area contributed by atoms with Crippen LogP contribution in [-0.4, -0.2) is 50.8 Å². The van der Waals surface area contributed by atoms with Crippen molar-refractivity contribution in [3.8, 4) is 0 Å². The van der Waals surface area contributed by atoms with Crippen LogP contribution >= 0.6 is 15.9 Å².